The molecule has 0 aliphatic rings. The molecule has 0 saturated carbocycles. The van der Waals surface area contributed by atoms with Crippen molar-refractivity contribution in [2.24, 2.45) is 0 Å². The first-order valence-electron chi connectivity index (χ1n) is 6.28. The van der Waals surface area contributed by atoms with Gasteiger partial charge in [0.15, 0.2) is 0 Å². The minimum Gasteiger partial charge on any atom is -0.260 e. The SMILES string of the molecule is [c]1ccc(C(c2cc[c]cc2)c2ccccn2)cc1. The van der Waals surface area contributed by atoms with E-state index in [1.165, 1.54) is 11.1 Å². The van der Waals surface area contributed by atoms with Crippen molar-refractivity contribution in [1.82, 2.24) is 4.98 Å². The Bertz CT molecular complexity index is 524. The molecular formula is C18H13N. The number of rotatable bonds is 3. The van der Waals surface area contributed by atoms with Crippen LogP contribution in [0.4, 0.5) is 0 Å². The van der Waals surface area contributed by atoms with Gasteiger partial charge in [-0.1, -0.05) is 54.6 Å². The van der Waals surface area contributed by atoms with Gasteiger partial charge >= 0.3 is 0 Å². The predicted octanol–water partition coefficient (Wildman–Crippen LogP) is 3.86. The normalized spacial score (nSPS) is 10.6. The first-order chi connectivity index (χ1) is 9.45. The zero-order chi connectivity index (χ0) is 12.9. The number of pyridine rings is 1. The molecular weight excluding hydrogens is 230 g/mol. The van der Waals surface area contributed by atoms with Crippen molar-refractivity contribution in [2.75, 3.05) is 0 Å². The first kappa shape index (κ1) is 11.7. The Hall–Kier alpha value is -2.41. The van der Waals surface area contributed by atoms with Crippen LogP contribution in [0.3, 0.4) is 0 Å². The summed E-state index contributed by atoms with van der Waals surface area (Å²) in [5.74, 6) is 0.158. The minimum absolute atomic E-state index is 0.158. The molecule has 0 atom stereocenters. The third-order valence-corrected chi connectivity index (χ3v) is 3.14. The molecule has 0 bridgehead atoms. The standard InChI is InChI=1S/C18H13N/c1-3-9-15(10-4-1)18(16-11-5-2-6-12-16)17-13-7-8-14-19-17/h3-14,18H. The van der Waals surface area contributed by atoms with Gasteiger partial charge in [-0.25, -0.2) is 0 Å². The van der Waals surface area contributed by atoms with Gasteiger partial charge in [-0.15, -0.1) is 0 Å². The monoisotopic (exact) mass is 243 g/mol. The highest BCUT2D eigenvalue weighted by Gasteiger charge is 2.16. The van der Waals surface area contributed by atoms with Crippen molar-refractivity contribution in [2.45, 2.75) is 5.92 Å². The highest BCUT2D eigenvalue weighted by molar-refractivity contribution is 5.39. The molecule has 19 heavy (non-hydrogen) atoms. The fraction of sp³-hybridized carbons (Fsp3) is 0.0556. The minimum atomic E-state index is 0.158. The molecule has 3 aromatic rings. The molecule has 0 amide bonds. The van der Waals surface area contributed by atoms with Crippen LogP contribution < -0.4 is 0 Å². The van der Waals surface area contributed by atoms with Crippen molar-refractivity contribution in [3.05, 3.63) is 102 Å². The Morgan fingerprint density at radius 2 is 1.32 bits per heavy atom. The van der Waals surface area contributed by atoms with Gasteiger partial charge in [0.1, 0.15) is 0 Å². The van der Waals surface area contributed by atoms with Gasteiger partial charge in [0.2, 0.25) is 0 Å². The maximum absolute atomic E-state index is 4.51. The highest BCUT2D eigenvalue weighted by atomic mass is 14.7. The molecule has 2 aromatic carbocycles. The molecule has 1 nitrogen and oxygen atoms in total. The lowest BCUT2D eigenvalue weighted by Gasteiger charge is -2.17. The van der Waals surface area contributed by atoms with Crippen LogP contribution in [-0.2, 0) is 0 Å². The number of aromatic nitrogens is 1. The molecule has 1 heterocycles. The van der Waals surface area contributed by atoms with E-state index in [-0.39, 0.29) is 5.92 Å². The van der Waals surface area contributed by atoms with Gasteiger partial charge < -0.3 is 0 Å². The second kappa shape index (κ2) is 5.49. The summed E-state index contributed by atoms with van der Waals surface area (Å²) >= 11 is 0. The zero-order valence-corrected chi connectivity index (χ0v) is 10.5. The van der Waals surface area contributed by atoms with Crippen LogP contribution in [0.1, 0.15) is 22.7 Å². The molecule has 2 radical (unpaired) electrons. The lowest BCUT2D eigenvalue weighted by atomic mass is 9.88. The maximum Gasteiger partial charge on any atom is 0.0522 e. The maximum atomic E-state index is 4.51. The lowest BCUT2D eigenvalue weighted by Crippen LogP contribution is -2.04. The van der Waals surface area contributed by atoms with Crippen LogP contribution in [0.25, 0.3) is 0 Å². The topological polar surface area (TPSA) is 12.9 Å². The molecule has 1 heteroatoms. The Morgan fingerprint density at radius 1 is 0.737 bits per heavy atom. The van der Waals surface area contributed by atoms with Gasteiger partial charge in [0.05, 0.1) is 11.6 Å². The van der Waals surface area contributed by atoms with E-state index in [0.29, 0.717) is 0 Å². The second-order valence-electron chi connectivity index (χ2n) is 4.35. The van der Waals surface area contributed by atoms with E-state index in [9.17, 15) is 0 Å². The van der Waals surface area contributed by atoms with Crippen molar-refractivity contribution in [3.8, 4) is 0 Å². The Balaban J connectivity index is 2.12. The summed E-state index contributed by atoms with van der Waals surface area (Å²) in [6.07, 6.45) is 1.84. The van der Waals surface area contributed by atoms with Gasteiger partial charge in [-0.05, 0) is 35.4 Å². The molecule has 0 aliphatic carbocycles. The molecule has 90 valence electrons. The van der Waals surface area contributed by atoms with Gasteiger partial charge in [0, 0.05) is 6.20 Å². The van der Waals surface area contributed by atoms with E-state index in [4.69, 9.17) is 0 Å². The van der Waals surface area contributed by atoms with Gasteiger partial charge in [-0.3, -0.25) is 4.98 Å². The average molecular weight is 243 g/mol. The van der Waals surface area contributed by atoms with E-state index in [1.807, 2.05) is 42.6 Å². The first-order valence-corrected chi connectivity index (χ1v) is 6.28. The summed E-state index contributed by atoms with van der Waals surface area (Å²) in [5.41, 5.74) is 3.51. The summed E-state index contributed by atoms with van der Waals surface area (Å²) < 4.78 is 0. The van der Waals surface area contributed by atoms with Crippen molar-refractivity contribution in [3.63, 3.8) is 0 Å². The lowest BCUT2D eigenvalue weighted by molar-refractivity contribution is 0.918. The molecule has 0 fully saturated rings. The molecule has 0 unspecified atom stereocenters. The average Bonchev–Trinajstić information content (AvgIpc) is 2.51. The van der Waals surface area contributed by atoms with Crippen LogP contribution >= 0.6 is 0 Å². The molecule has 0 N–H and O–H groups in total. The Labute approximate surface area is 113 Å². The second-order valence-corrected chi connectivity index (χ2v) is 4.35. The number of benzene rings is 2. The smallest absolute Gasteiger partial charge is 0.0522 e. The zero-order valence-electron chi connectivity index (χ0n) is 10.5. The van der Waals surface area contributed by atoms with Crippen LogP contribution in [-0.4, -0.2) is 4.98 Å². The van der Waals surface area contributed by atoms with Gasteiger partial charge in [-0.2, -0.15) is 0 Å². The van der Waals surface area contributed by atoms with E-state index >= 15 is 0 Å². The van der Waals surface area contributed by atoms with E-state index in [2.05, 4.69) is 47.4 Å². The summed E-state index contributed by atoms with van der Waals surface area (Å²) in [5, 5.41) is 0. The summed E-state index contributed by atoms with van der Waals surface area (Å²) in [4.78, 5) is 4.51. The fourth-order valence-corrected chi connectivity index (χ4v) is 2.27. The van der Waals surface area contributed by atoms with Crippen molar-refractivity contribution in [1.29, 1.82) is 0 Å². The summed E-state index contributed by atoms with van der Waals surface area (Å²) in [6.45, 7) is 0. The Kier molecular flexibility index (Phi) is 3.37. The molecule has 0 saturated heterocycles. The number of nitrogens with zero attached hydrogens (tertiary/aromatic N) is 1. The van der Waals surface area contributed by atoms with Crippen LogP contribution in [0.15, 0.2) is 72.9 Å². The molecule has 1 aromatic heterocycles. The van der Waals surface area contributed by atoms with Crippen LogP contribution in [0.5, 0.6) is 0 Å². The number of hydrogen-bond acceptors (Lipinski definition) is 1. The molecule has 3 rings (SSSR count). The van der Waals surface area contributed by atoms with Crippen LogP contribution in [0, 0.1) is 12.1 Å². The number of hydrogen-bond donors (Lipinski definition) is 0. The third kappa shape index (κ3) is 2.55. The molecule has 0 aliphatic heterocycles. The summed E-state index contributed by atoms with van der Waals surface area (Å²) in [7, 11) is 0. The van der Waals surface area contributed by atoms with Gasteiger partial charge in [0.25, 0.3) is 0 Å². The fourth-order valence-electron chi connectivity index (χ4n) is 2.27. The third-order valence-electron chi connectivity index (χ3n) is 3.14. The predicted molar refractivity (Wildman–Crippen MR) is 75.7 cm³/mol. The van der Waals surface area contributed by atoms with E-state index < -0.39 is 0 Å². The van der Waals surface area contributed by atoms with Crippen molar-refractivity contribution >= 4 is 0 Å². The van der Waals surface area contributed by atoms with Crippen LogP contribution in [0.2, 0.25) is 0 Å². The summed E-state index contributed by atoms with van der Waals surface area (Å²) in [6, 6.07) is 28.3. The quantitative estimate of drug-likeness (QED) is 0.680. The molecule has 0 spiro atoms. The largest absolute Gasteiger partial charge is 0.260 e. The van der Waals surface area contributed by atoms with Crippen molar-refractivity contribution < 1.29 is 0 Å². The van der Waals surface area contributed by atoms with E-state index in [1.54, 1.807) is 0 Å². The highest BCUT2D eigenvalue weighted by Crippen LogP contribution is 2.29. The Morgan fingerprint density at radius 3 is 1.79 bits per heavy atom. The van der Waals surface area contributed by atoms with E-state index in [0.717, 1.165) is 5.69 Å².